The smallest absolute Gasteiger partial charge is 0.251 e. The number of hydrazine groups is 1. The molecule has 1 aromatic rings. The molecule has 1 rings (SSSR count). The minimum atomic E-state index is -0.662. The number of carbonyl (C=O) groups excluding carboxylic acids is 1. The Hall–Kier alpha value is -1.59. The predicted octanol–water partition coefficient (Wildman–Crippen LogP) is -0.748. The van der Waals surface area contributed by atoms with Gasteiger partial charge in [-0.1, -0.05) is 12.1 Å². The first-order valence-electron chi connectivity index (χ1n) is 4.17. The zero-order chi connectivity index (χ0) is 10.6. The van der Waals surface area contributed by atoms with Gasteiger partial charge in [-0.15, -0.1) is 0 Å². The van der Waals surface area contributed by atoms with E-state index >= 15 is 0 Å². The van der Waals surface area contributed by atoms with Crippen LogP contribution in [0.3, 0.4) is 0 Å². The normalized spacial score (nSPS) is 12.1. The fourth-order valence-corrected chi connectivity index (χ4v) is 1.09. The molecule has 1 aromatic carbocycles. The lowest BCUT2D eigenvalue weighted by molar-refractivity contribution is -0.122. The second-order valence-electron chi connectivity index (χ2n) is 2.99. The van der Waals surface area contributed by atoms with Crippen LogP contribution in [0.1, 0.15) is 5.56 Å². The third kappa shape index (κ3) is 2.72. The van der Waals surface area contributed by atoms with Crippen LogP contribution in [0.2, 0.25) is 0 Å². The van der Waals surface area contributed by atoms with E-state index in [0.717, 1.165) is 5.56 Å². The minimum Gasteiger partial charge on any atom is -0.508 e. The number of carbonyl (C=O) groups is 1. The third-order valence-electron chi connectivity index (χ3n) is 1.87. The molecule has 1 amide bonds. The topological polar surface area (TPSA) is 101 Å². The Morgan fingerprint density at radius 2 is 2.00 bits per heavy atom. The van der Waals surface area contributed by atoms with Gasteiger partial charge in [0.25, 0.3) is 5.91 Å². The second kappa shape index (κ2) is 4.59. The number of aromatic hydroxyl groups is 1. The Morgan fingerprint density at radius 1 is 1.43 bits per heavy atom. The summed E-state index contributed by atoms with van der Waals surface area (Å²) < 4.78 is 0. The van der Waals surface area contributed by atoms with Crippen LogP contribution in [0.4, 0.5) is 0 Å². The van der Waals surface area contributed by atoms with Crippen LogP contribution in [0.15, 0.2) is 24.3 Å². The molecule has 76 valence electrons. The van der Waals surface area contributed by atoms with Crippen LogP contribution in [0.25, 0.3) is 0 Å². The summed E-state index contributed by atoms with van der Waals surface area (Å²) in [5.74, 6) is 4.71. The van der Waals surface area contributed by atoms with Gasteiger partial charge in [-0.3, -0.25) is 10.2 Å². The summed E-state index contributed by atoms with van der Waals surface area (Å²) >= 11 is 0. The van der Waals surface area contributed by atoms with Crippen LogP contribution in [-0.4, -0.2) is 17.1 Å². The lowest BCUT2D eigenvalue weighted by Crippen LogP contribution is -2.45. The number of nitrogens with one attached hydrogen (secondary N) is 1. The largest absolute Gasteiger partial charge is 0.508 e. The first kappa shape index (κ1) is 10.5. The summed E-state index contributed by atoms with van der Waals surface area (Å²) in [6.45, 7) is 0. The Kier molecular flexibility index (Phi) is 3.44. The van der Waals surface area contributed by atoms with Crippen LogP contribution in [0.5, 0.6) is 5.75 Å². The third-order valence-corrected chi connectivity index (χ3v) is 1.87. The summed E-state index contributed by atoms with van der Waals surface area (Å²) in [4.78, 5) is 11.0. The molecule has 0 bridgehead atoms. The van der Waals surface area contributed by atoms with Gasteiger partial charge in [-0.2, -0.15) is 0 Å². The SMILES string of the molecule is NNC(=O)[C@H](N)Cc1ccc(O)cc1. The van der Waals surface area contributed by atoms with E-state index in [-0.39, 0.29) is 5.75 Å². The number of nitrogens with two attached hydrogens (primary N) is 2. The van der Waals surface area contributed by atoms with Crippen molar-refractivity contribution in [3.8, 4) is 5.75 Å². The molecule has 0 aromatic heterocycles. The first-order valence-corrected chi connectivity index (χ1v) is 4.17. The molecular formula is C9H13N3O2. The van der Waals surface area contributed by atoms with Crippen molar-refractivity contribution in [3.05, 3.63) is 29.8 Å². The summed E-state index contributed by atoms with van der Waals surface area (Å²) in [7, 11) is 0. The van der Waals surface area contributed by atoms with Crippen molar-refractivity contribution in [3.63, 3.8) is 0 Å². The van der Waals surface area contributed by atoms with Crippen LogP contribution in [0, 0.1) is 0 Å². The van der Waals surface area contributed by atoms with E-state index in [1.165, 1.54) is 0 Å². The van der Waals surface area contributed by atoms with Gasteiger partial charge in [0.05, 0.1) is 6.04 Å². The number of hydrogen-bond donors (Lipinski definition) is 4. The van der Waals surface area contributed by atoms with Gasteiger partial charge in [0.15, 0.2) is 0 Å². The zero-order valence-corrected chi connectivity index (χ0v) is 7.60. The Balaban J connectivity index is 2.60. The molecule has 0 heterocycles. The van der Waals surface area contributed by atoms with E-state index in [4.69, 9.17) is 16.7 Å². The molecular weight excluding hydrogens is 182 g/mol. The van der Waals surface area contributed by atoms with Gasteiger partial charge in [-0.25, -0.2) is 5.84 Å². The van der Waals surface area contributed by atoms with Crippen LogP contribution in [-0.2, 0) is 11.2 Å². The van der Waals surface area contributed by atoms with E-state index in [2.05, 4.69) is 0 Å². The number of phenolic OH excluding ortho intramolecular Hbond substituents is 1. The summed E-state index contributed by atoms with van der Waals surface area (Å²) in [6, 6.07) is 5.84. The maximum atomic E-state index is 11.0. The van der Waals surface area contributed by atoms with Gasteiger partial charge in [-0.05, 0) is 24.1 Å². The molecule has 5 nitrogen and oxygen atoms in total. The highest BCUT2D eigenvalue weighted by Gasteiger charge is 2.11. The molecule has 1 atom stereocenters. The molecule has 6 N–H and O–H groups in total. The molecule has 0 radical (unpaired) electrons. The van der Waals surface area contributed by atoms with E-state index in [9.17, 15) is 4.79 Å². The van der Waals surface area contributed by atoms with Crippen molar-refractivity contribution in [1.29, 1.82) is 0 Å². The molecule has 5 heteroatoms. The minimum absolute atomic E-state index is 0.186. The molecule has 0 aliphatic heterocycles. The molecule has 0 aliphatic rings. The van der Waals surface area contributed by atoms with E-state index in [1.807, 2.05) is 5.43 Å². The maximum absolute atomic E-state index is 11.0. The van der Waals surface area contributed by atoms with Crippen LogP contribution < -0.4 is 17.0 Å². The Labute approximate surface area is 81.7 Å². The monoisotopic (exact) mass is 195 g/mol. The van der Waals surface area contributed by atoms with Crippen molar-refractivity contribution in [2.75, 3.05) is 0 Å². The highest BCUT2D eigenvalue weighted by atomic mass is 16.3. The molecule has 14 heavy (non-hydrogen) atoms. The number of hydrogen-bond acceptors (Lipinski definition) is 4. The number of rotatable bonds is 3. The summed E-state index contributed by atoms with van der Waals surface area (Å²) in [6.07, 6.45) is 0.392. The van der Waals surface area contributed by atoms with Gasteiger partial charge in [0, 0.05) is 0 Å². The van der Waals surface area contributed by atoms with Crippen molar-refractivity contribution in [2.45, 2.75) is 12.5 Å². The Bertz CT molecular complexity index is 310. The fraction of sp³-hybridized carbons (Fsp3) is 0.222. The molecule has 0 saturated carbocycles. The molecule has 0 fully saturated rings. The number of phenols is 1. The van der Waals surface area contributed by atoms with Gasteiger partial charge in [0.1, 0.15) is 5.75 Å². The molecule has 0 unspecified atom stereocenters. The highest BCUT2D eigenvalue weighted by molar-refractivity contribution is 5.81. The average molecular weight is 195 g/mol. The quantitative estimate of drug-likeness (QED) is 0.289. The van der Waals surface area contributed by atoms with Gasteiger partial charge < -0.3 is 10.8 Å². The van der Waals surface area contributed by atoms with E-state index in [1.54, 1.807) is 24.3 Å². The van der Waals surface area contributed by atoms with Crippen molar-refractivity contribution in [2.24, 2.45) is 11.6 Å². The lowest BCUT2D eigenvalue weighted by Gasteiger charge is -2.09. The summed E-state index contributed by atoms with van der Waals surface area (Å²) in [5, 5.41) is 9.02. The Morgan fingerprint density at radius 3 is 2.50 bits per heavy atom. The first-order chi connectivity index (χ1) is 6.63. The van der Waals surface area contributed by atoms with Crippen molar-refractivity contribution >= 4 is 5.91 Å². The van der Waals surface area contributed by atoms with Crippen LogP contribution >= 0.6 is 0 Å². The molecule has 0 spiro atoms. The predicted molar refractivity (Wildman–Crippen MR) is 52.1 cm³/mol. The molecule has 0 aliphatic carbocycles. The highest BCUT2D eigenvalue weighted by Crippen LogP contribution is 2.10. The van der Waals surface area contributed by atoms with Gasteiger partial charge in [0.2, 0.25) is 0 Å². The van der Waals surface area contributed by atoms with Crippen molar-refractivity contribution in [1.82, 2.24) is 5.43 Å². The van der Waals surface area contributed by atoms with Crippen molar-refractivity contribution < 1.29 is 9.90 Å². The average Bonchev–Trinajstić information content (AvgIpc) is 2.20. The summed E-state index contributed by atoms with van der Waals surface area (Å²) in [5.41, 5.74) is 8.40. The number of amides is 1. The zero-order valence-electron chi connectivity index (χ0n) is 7.60. The fourth-order valence-electron chi connectivity index (χ4n) is 1.09. The molecule has 0 saturated heterocycles. The second-order valence-corrected chi connectivity index (χ2v) is 2.99. The lowest BCUT2D eigenvalue weighted by atomic mass is 10.1. The van der Waals surface area contributed by atoms with E-state index < -0.39 is 11.9 Å². The standard InChI is InChI=1S/C9H13N3O2/c10-8(9(14)12-11)5-6-1-3-7(13)4-2-6/h1-4,8,13H,5,10-11H2,(H,12,14)/t8-/m1/s1. The van der Waals surface area contributed by atoms with Gasteiger partial charge >= 0.3 is 0 Å². The number of benzene rings is 1. The maximum Gasteiger partial charge on any atom is 0.251 e. The van der Waals surface area contributed by atoms with E-state index in [0.29, 0.717) is 6.42 Å².